The number of hydrogen-bond donors (Lipinski definition) is 3. The first-order valence-electron chi connectivity index (χ1n) is 25.4. The van der Waals surface area contributed by atoms with Crippen LogP contribution >= 0.6 is 11.3 Å². The summed E-state index contributed by atoms with van der Waals surface area (Å²) in [6.07, 6.45) is 5.31. The van der Waals surface area contributed by atoms with Crippen molar-refractivity contribution in [2.45, 2.75) is 130 Å². The average Bonchev–Trinajstić information content (AvgIpc) is 3.59. The number of carbonyl (C=O) groups excluding carboxylic acids is 3. The van der Waals surface area contributed by atoms with Crippen molar-refractivity contribution in [3.63, 3.8) is 0 Å². The Morgan fingerprint density at radius 2 is 1.84 bits per heavy atom. The fourth-order valence-corrected chi connectivity index (χ4v) is 12.2. The summed E-state index contributed by atoms with van der Waals surface area (Å²) >= 11 is 1.41. The normalized spacial score (nSPS) is 29.3. The highest BCUT2D eigenvalue weighted by Gasteiger charge is 2.50. The third kappa shape index (κ3) is 10.4. The number of ether oxygens (including phenoxy) is 5. The van der Waals surface area contributed by atoms with Gasteiger partial charge in [0.2, 0.25) is 5.91 Å². The molecule has 7 heterocycles. The molecule has 0 radical (unpaired) electrons. The number of hydrazine groups is 1. The van der Waals surface area contributed by atoms with Crippen LogP contribution in [0.15, 0.2) is 35.8 Å². The van der Waals surface area contributed by atoms with Gasteiger partial charge in [-0.1, -0.05) is 33.8 Å². The van der Waals surface area contributed by atoms with Crippen LogP contribution in [0.3, 0.4) is 0 Å². The summed E-state index contributed by atoms with van der Waals surface area (Å²) in [5, 5.41) is 8.23. The molecule has 374 valence electrons. The molecule has 69 heavy (non-hydrogen) atoms. The monoisotopic (exact) mass is 968 g/mol. The number of aryl methyl sites for hydroxylation is 1. The number of amides is 2. The molecule has 1 aromatic carbocycles. The predicted molar refractivity (Wildman–Crippen MR) is 265 cm³/mol. The van der Waals surface area contributed by atoms with Crippen molar-refractivity contribution in [1.29, 1.82) is 0 Å². The Hall–Kier alpha value is -4.29. The smallest absolute Gasteiger partial charge is 0.324 e. The molecule has 4 fully saturated rings. The number of thiazole rings is 1. The standard InChI is InChI=1S/C53H73N7O8S/c1-9-59-43-14-13-34-19-38(43)40(47(59)39-20-36(22-55-45(39)31(5)64-8)35-17-32(16-33-24-65-25-33)23-66-26-37(54)18-35)21-53(6,7)28-68-52(63)41-12-11-15-60(58-41)51(62)46(57-49(61)44-29(3)30(44)4)48(67-10-2)50-56-42(34)27-69-50/h13-14,19-20,22,27,29-33,35,37,41,44,46,48,58H,9-12,15-18,21,23-26,28,54H2,1-8H3,(H,57,61)/t29-,30+,31-,32?,35-,37?,41-,44?,46-,48-/m0/s1. The summed E-state index contributed by atoms with van der Waals surface area (Å²) in [6, 6.07) is 6.92. The lowest BCUT2D eigenvalue weighted by molar-refractivity contribution is -0.156. The van der Waals surface area contributed by atoms with E-state index in [9.17, 15) is 14.4 Å². The van der Waals surface area contributed by atoms with E-state index in [0.717, 1.165) is 82.7 Å². The topological polar surface area (TPSA) is 181 Å². The summed E-state index contributed by atoms with van der Waals surface area (Å²) in [4.78, 5) is 53.1. The van der Waals surface area contributed by atoms with E-state index in [0.29, 0.717) is 62.4 Å². The van der Waals surface area contributed by atoms with Crippen LogP contribution in [0.1, 0.15) is 121 Å². The van der Waals surface area contributed by atoms with Crippen LogP contribution in [0.5, 0.6) is 0 Å². The molecule has 1 aliphatic carbocycles. The van der Waals surface area contributed by atoms with Crippen molar-refractivity contribution in [1.82, 2.24) is 30.3 Å². The van der Waals surface area contributed by atoms with Crippen molar-refractivity contribution in [3.05, 3.63) is 57.7 Å². The number of nitrogens with zero attached hydrogens (tertiary/aromatic N) is 4. The zero-order chi connectivity index (χ0) is 48.7. The number of hydrogen-bond acceptors (Lipinski definition) is 13. The summed E-state index contributed by atoms with van der Waals surface area (Å²) in [5.74, 6) is 0.340. The van der Waals surface area contributed by atoms with Crippen molar-refractivity contribution >= 4 is 40.0 Å². The summed E-state index contributed by atoms with van der Waals surface area (Å²) in [6.45, 7) is 18.8. The van der Waals surface area contributed by atoms with Gasteiger partial charge in [-0.3, -0.25) is 24.4 Å². The van der Waals surface area contributed by atoms with Gasteiger partial charge in [-0.05, 0) is 112 Å². The number of cyclic esters (lactones) is 1. The fraction of sp³-hybridized carbons (Fsp3) is 0.642. The summed E-state index contributed by atoms with van der Waals surface area (Å²) < 4.78 is 32.8. The van der Waals surface area contributed by atoms with Gasteiger partial charge in [0, 0.05) is 90.3 Å². The lowest BCUT2D eigenvalue weighted by Crippen LogP contribution is -2.61. The van der Waals surface area contributed by atoms with E-state index < -0.39 is 29.6 Å². The van der Waals surface area contributed by atoms with E-state index in [1.807, 2.05) is 25.4 Å². The van der Waals surface area contributed by atoms with Crippen LogP contribution < -0.4 is 16.5 Å². The molecule has 15 nitrogen and oxygen atoms in total. The van der Waals surface area contributed by atoms with Gasteiger partial charge >= 0.3 is 5.97 Å². The molecule has 4 aromatic rings. The number of pyridine rings is 1. The van der Waals surface area contributed by atoms with Crippen LogP contribution in [0.2, 0.25) is 0 Å². The molecule has 3 unspecified atom stereocenters. The van der Waals surface area contributed by atoms with Crippen molar-refractivity contribution in [2.75, 3.05) is 53.3 Å². The Labute approximate surface area is 410 Å². The van der Waals surface area contributed by atoms with Crippen LogP contribution in [0.25, 0.3) is 33.4 Å². The Bertz CT molecular complexity index is 2500. The molecular formula is C53H73N7O8S. The molecule has 3 saturated heterocycles. The Morgan fingerprint density at radius 1 is 1.07 bits per heavy atom. The highest BCUT2D eigenvalue weighted by molar-refractivity contribution is 7.10. The number of esters is 1. The quantitative estimate of drug-likeness (QED) is 0.126. The molecule has 4 aliphatic heterocycles. The first kappa shape index (κ1) is 49.7. The van der Waals surface area contributed by atoms with E-state index in [1.54, 1.807) is 7.11 Å². The van der Waals surface area contributed by atoms with Gasteiger partial charge in [0.1, 0.15) is 23.2 Å². The molecule has 5 aliphatic rings. The van der Waals surface area contributed by atoms with Gasteiger partial charge in [-0.2, -0.15) is 0 Å². The number of aromatic nitrogens is 3. The first-order valence-corrected chi connectivity index (χ1v) is 26.3. The zero-order valence-electron chi connectivity index (χ0n) is 41.8. The van der Waals surface area contributed by atoms with Crippen LogP contribution in [0.4, 0.5) is 0 Å². The second kappa shape index (κ2) is 20.8. The molecule has 9 rings (SSSR count). The number of nitrogens with two attached hydrogens (primary N) is 1. The predicted octanol–water partition coefficient (Wildman–Crippen LogP) is 7.51. The lowest BCUT2D eigenvalue weighted by atomic mass is 9.80. The molecule has 2 amide bonds. The molecule has 6 bridgehead atoms. The number of fused-ring (bicyclic) bond motifs is 6. The number of carbonyl (C=O) groups is 3. The highest BCUT2D eigenvalue weighted by atomic mass is 32.1. The minimum absolute atomic E-state index is 0.0972. The maximum atomic E-state index is 14.7. The Balaban J connectivity index is 1.18. The van der Waals surface area contributed by atoms with Crippen molar-refractivity contribution in [3.8, 4) is 22.5 Å². The second-order valence-corrected chi connectivity index (χ2v) is 22.2. The molecule has 3 aromatic heterocycles. The minimum atomic E-state index is -1.09. The number of rotatable bonds is 11. The summed E-state index contributed by atoms with van der Waals surface area (Å²) in [5.41, 5.74) is 17.3. The minimum Gasteiger partial charge on any atom is -0.464 e. The average molecular weight is 968 g/mol. The molecule has 1 saturated carbocycles. The molecule has 10 atom stereocenters. The van der Waals surface area contributed by atoms with Crippen LogP contribution in [0, 0.1) is 35.0 Å². The summed E-state index contributed by atoms with van der Waals surface area (Å²) in [7, 11) is 1.73. The largest absolute Gasteiger partial charge is 0.464 e. The first-order chi connectivity index (χ1) is 33.2. The third-order valence-corrected chi connectivity index (χ3v) is 16.5. The zero-order valence-corrected chi connectivity index (χ0v) is 42.6. The number of methoxy groups -OCH3 is 1. The number of benzene rings is 1. The van der Waals surface area contributed by atoms with Crippen molar-refractivity contribution in [2.24, 2.45) is 40.7 Å². The lowest BCUT2D eigenvalue weighted by Gasteiger charge is -2.37. The molecule has 0 spiro atoms. The van der Waals surface area contributed by atoms with E-state index in [1.165, 1.54) is 16.3 Å². The van der Waals surface area contributed by atoms with Gasteiger partial charge in [0.15, 0.2) is 0 Å². The second-order valence-electron chi connectivity index (χ2n) is 21.3. The highest BCUT2D eigenvalue weighted by Crippen LogP contribution is 2.47. The van der Waals surface area contributed by atoms with Gasteiger partial charge in [0.25, 0.3) is 5.91 Å². The third-order valence-electron chi connectivity index (χ3n) is 15.5. The van der Waals surface area contributed by atoms with Gasteiger partial charge < -0.3 is 39.3 Å². The number of nitrogens with one attached hydrogen (secondary N) is 2. The van der Waals surface area contributed by atoms with E-state index in [-0.39, 0.29) is 60.8 Å². The van der Waals surface area contributed by atoms with Gasteiger partial charge in [-0.15, -0.1) is 11.3 Å². The van der Waals surface area contributed by atoms with E-state index in [4.69, 9.17) is 39.4 Å². The Kier molecular flexibility index (Phi) is 15.0. The fourth-order valence-electron chi connectivity index (χ4n) is 11.3. The van der Waals surface area contributed by atoms with Crippen LogP contribution in [-0.2, 0) is 51.0 Å². The van der Waals surface area contributed by atoms with E-state index in [2.05, 4.69) is 74.2 Å². The molecular weight excluding hydrogens is 895 g/mol. The van der Waals surface area contributed by atoms with E-state index >= 15 is 0 Å². The maximum Gasteiger partial charge on any atom is 0.324 e. The van der Waals surface area contributed by atoms with Crippen LogP contribution in [-0.4, -0.2) is 109 Å². The SMILES string of the molecule is CCO[C@@H]1c2nc(cs2)-c2ccc3c(c2)c(c(-c2cc([C@@H]4CC(N)COCC(CC5COC5)C4)cnc2[C@H](C)OC)n3CC)CC(C)(C)COC(=O)[C@@H]2CCCN(N2)C(=O)[C@H]1NC(=O)C1[C@@H](C)[C@H]1C. The van der Waals surface area contributed by atoms with Gasteiger partial charge in [0.05, 0.1) is 49.6 Å². The molecule has 4 N–H and O–H groups in total. The Morgan fingerprint density at radius 3 is 2.55 bits per heavy atom. The van der Waals surface area contributed by atoms with Crippen molar-refractivity contribution < 1.29 is 38.1 Å². The van der Waals surface area contributed by atoms with Gasteiger partial charge in [-0.25, -0.2) is 10.4 Å². The molecule has 16 heteroatoms. The maximum absolute atomic E-state index is 14.7.